The Morgan fingerprint density at radius 2 is 1.88 bits per heavy atom. The van der Waals surface area contributed by atoms with Crippen molar-refractivity contribution in [3.8, 4) is 0 Å². The van der Waals surface area contributed by atoms with Gasteiger partial charge in [0.15, 0.2) is 0 Å². The second-order valence-electron chi connectivity index (χ2n) is 3.85. The van der Waals surface area contributed by atoms with Gasteiger partial charge in [0, 0.05) is 12.4 Å². The molecule has 17 heavy (non-hydrogen) atoms. The van der Waals surface area contributed by atoms with Crippen LogP contribution in [0.2, 0.25) is 0 Å². The maximum absolute atomic E-state index is 11.8. The molecule has 1 aromatic rings. The number of nitrogens with zero attached hydrogens (tertiary/aromatic N) is 2. The van der Waals surface area contributed by atoms with Crippen LogP contribution in [0.3, 0.4) is 0 Å². The summed E-state index contributed by atoms with van der Waals surface area (Å²) in [6, 6.07) is -0.673. The Balaban J connectivity index is 2.75. The molecule has 0 aliphatic carbocycles. The molecule has 0 aromatic carbocycles. The first-order valence-corrected chi connectivity index (χ1v) is 5.20. The van der Waals surface area contributed by atoms with E-state index in [2.05, 4.69) is 20.0 Å². The van der Waals surface area contributed by atoms with Crippen LogP contribution >= 0.6 is 0 Å². The molecule has 0 aliphatic rings. The molecule has 1 unspecified atom stereocenters. The molecule has 1 heterocycles. The van der Waals surface area contributed by atoms with E-state index in [9.17, 15) is 9.59 Å². The van der Waals surface area contributed by atoms with E-state index in [1.54, 1.807) is 0 Å². The van der Waals surface area contributed by atoms with Gasteiger partial charge in [-0.25, -0.2) is 14.8 Å². The fourth-order valence-corrected chi connectivity index (χ4v) is 1.27. The average molecular weight is 237 g/mol. The minimum atomic E-state index is -0.673. The number of hydrogen-bond donors (Lipinski definition) is 1. The lowest BCUT2D eigenvalue weighted by Gasteiger charge is -2.19. The number of ether oxygens (including phenoxy) is 1. The summed E-state index contributed by atoms with van der Waals surface area (Å²) in [5, 5.41) is 2.59. The molecule has 0 aliphatic heterocycles. The number of aromatic nitrogens is 2. The second kappa shape index (κ2) is 5.93. The Morgan fingerprint density at radius 3 is 2.35 bits per heavy atom. The molecule has 0 spiro atoms. The average Bonchev–Trinajstić information content (AvgIpc) is 2.35. The molecule has 1 rings (SSSR count). The van der Waals surface area contributed by atoms with Crippen molar-refractivity contribution in [2.75, 3.05) is 7.11 Å². The number of methoxy groups -OCH3 is 1. The maximum Gasteiger partial charge on any atom is 0.328 e. The summed E-state index contributed by atoms with van der Waals surface area (Å²) >= 11 is 0. The van der Waals surface area contributed by atoms with Gasteiger partial charge in [-0.05, 0) is 5.92 Å². The fraction of sp³-hybridized carbons (Fsp3) is 0.455. The summed E-state index contributed by atoms with van der Waals surface area (Å²) in [4.78, 5) is 30.7. The Hall–Kier alpha value is -1.98. The number of hydrogen-bond acceptors (Lipinski definition) is 5. The Labute approximate surface area is 99.4 Å². The summed E-state index contributed by atoms with van der Waals surface area (Å²) in [5.41, 5.74) is 0.307. The van der Waals surface area contributed by atoms with E-state index in [0.29, 0.717) is 5.56 Å². The molecular formula is C11H15N3O3. The van der Waals surface area contributed by atoms with E-state index in [1.807, 2.05) is 13.8 Å². The number of carbonyl (C=O) groups is 2. The first kappa shape index (κ1) is 13.1. The molecule has 0 saturated carbocycles. The fourth-order valence-electron chi connectivity index (χ4n) is 1.27. The van der Waals surface area contributed by atoms with Crippen LogP contribution in [0.25, 0.3) is 0 Å². The number of nitrogens with one attached hydrogen (secondary N) is 1. The molecule has 0 bridgehead atoms. The topological polar surface area (TPSA) is 81.2 Å². The molecule has 6 nitrogen and oxygen atoms in total. The third kappa shape index (κ3) is 3.51. The highest BCUT2D eigenvalue weighted by atomic mass is 16.5. The number of esters is 1. The van der Waals surface area contributed by atoms with Gasteiger partial charge in [0.25, 0.3) is 5.91 Å². The zero-order chi connectivity index (χ0) is 12.8. The van der Waals surface area contributed by atoms with Crippen LogP contribution in [0.5, 0.6) is 0 Å². The Morgan fingerprint density at radius 1 is 1.29 bits per heavy atom. The highest BCUT2D eigenvalue weighted by Crippen LogP contribution is 2.05. The highest BCUT2D eigenvalue weighted by molar-refractivity contribution is 5.96. The minimum Gasteiger partial charge on any atom is -0.467 e. The van der Waals surface area contributed by atoms with Crippen LogP contribution in [-0.2, 0) is 9.53 Å². The molecule has 1 aromatic heterocycles. The lowest BCUT2D eigenvalue weighted by atomic mass is 10.0. The van der Waals surface area contributed by atoms with Gasteiger partial charge >= 0.3 is 5.97 Å². The van der Waals surface area contributed by atoms with Gasteiger partial charge in [-0.3, -0.25) is 4.79 Å². The van der Waals surface area contributed by atoms with Crippen LogP contribution in [0.15, 0.2) is 18.7 Å². The largest absolute Gasteiger partial charge is 0.467 e. The van der Waals surface area contributed by atoms with Crippen molar-refractivity contribution in [2.24, 2.45) is 5.92 Å². The lowest BCUT2D eigenvalue weighted by molar-refractivity contribution is -0.144. The van der Waals surface area contributed by atoms with Gasteiger partial charge in [-0.15, -0.1) is 0 Å². The zero-order valence-electron chi connectivity index (χ0n) is 10.0. The molecule has 1 atom stereocenters. The predicted molar refractivity (Wildman–Crippen MR) is 60.1 cm³/mol. The van der Waals surface area contributed by atoms with E-state index in [-0.39, 0.29) is 5.92 Å². The smallest absolute Gasteiger partial charge is 0.328 e. The van der Waals surface area contributed by atoms with E-state index in [4.69, 9.17) is 0 Å². The second-order valence-corrected chi connectivity index (χ2v) is 3.85. The van der Waals surface area contributed by atoms with Crippen LogP contribution < -0.4 is 5.32 Å². The molecule has 0 fully saturated rings. The summed E-state index contributed by atoms with van der Waals surface area (Å²) < 4.78 is 4.63. The van der Waals surface area contributed by atoms with Gasteiger partial charge < -0.3 is 10.1 Å². The minimum absolute atomic E-state index is 0.0592. The first-order chi connectivity index (χ1) is 8.06. The number of carbonyl (C=O) groups excluding carboxylic acids is 2. The van der Waals surface area contributed by atoms with Gasteiger partial charge in [-0.1, -0.05) is 13.8 Å². The third-order valence-electron chi connectivity index (χ3n) is 2.23. The summed E-state index contributed by atoms with van der Waals surface area (Å²) in [5.74, 6) is -0.920. The quantitative estimate of drug-likeness (QED) is 0.767. The molecular weight excluding hydrogens is 222 g/mol. The van der Waals surface area contributed by atoms with Crippen LogP contribution in [0.1, 0.15) is 24.2 Å². The van der Waals surface area contributed by atoms with Crippen molar-refractivity contribution in [2.45, 2.75) is 19.9 Å². The van der Waals surface area contributed by atoms with Gasteiger partial charge in [-0.2, -0.15) is 0 Å². The van der Waals surface area contributed by atoms with Crippen LogP contribution in [0.4, 0.5) is 0 Å². The maximum atomic E-state index is 11.8. The summed E-state index contributed by atoms with van der Waals surface area (Å²) in [6.45, 7) is 3.65. The van der Waals surface area contributed by atoms with E-state index in [0.717, 1.165) is 0 Å². The van der Waals surface area contributed by atoms with Crippen molar-refractivity contribution in [1.29, 1.82) is 0 Å². The zero-order valence-corrected chi connectivity index (χ0v) is 10.0. The van der Waals surface area contributed by atoms with E-state index >= 15 is 0 Å². The SMILES string of the molecule is COC(=O)C(NC(=O)c1cncnc1)C(C)C. The van der Waals surface area contributed by atoms with E-state index in [1.165, 1.54) is 25.8 Å². The Kier molecular flexibility index (Phi) is 4.56. The monoisotopic (exact) mass is 237 g/mol. The van der Waals surface area contributed by atoms with Crippen LogP contribution in [-0.4, -0.2) is 35.0 Å². The third-order valence-corrected chi connectivity index (χ3v) is 2.23. The predicted octanol–water partition coefficient (Wildman–Crippen LogP) is 0.404. The van der Waals surface area contributed by atoms with Crippen molar-refractivity contribution in [3.05, 3.63) is 24.3 Å². The molecule has 92 valence electrons. The normalized spacial score (nSPS) is 12.0. The van der Waals surface area contributed by atoms with Crippen molar-refractivity contribution in [3.63, 3.8) is 0 Å². The molecule has 0 radical (unpaired) electrons. The molecule has 1 N–H and O–H groups in total. The first-order valence-electron chi connectivity index (χ1n) is 5.20. The van der Waals surface area contributed by atoms with Crippen molar-refractivity contribution in [1.82, 2.24) is 15.3 Å². The van der Waals surface area contributed by atoms with Gasteiger partial charge in [0.2, 0.25) is 0 Å². The summed E-state index contributed by atoms with van der Waals surface area (Å²) in [7, 11) is 1.29. The Bertz CT molecular complexity index is 392. The summed E-state index contributed by atoms with van der Waals surface area (Å²) in [6.07, 6.45) is 4.10. The van der Waals surface area contributed by atoms with Gasteiger partial charge in [0.1, 0.15) is 12.4 Å². The molecule has 1 amide bonds. The van der Waals surface area contributed by atoms with E-state index < -0.39 is 17.9 Å². The highest BCUT2D eigenvalue weighted by Gasteiger charge is 2.25. The number of rotatable bonds is 4. The molecule has 6 heteroatoms. The molecule has 0 saturated heterocycles. The number of amides is 1. The van der Waals surface area contributed by atoms with Gasteiger partial charge in [0.05, 0.1) is 12.7 Å². The van der Waals surface area contributed by atoms with Crippen molar-refractivity contribution >= 4 is 11.9 Å². The lowest BCUT2D eigenvalue weighted by Crippen LogP contribution is -2.45. The van der Waals surface area contributed by atoms with Crippen LogP contribution in [0, 0.1) is 5.92 Å². The standard InChI is InChI=1S/C11H15N3O3/c1-7(2)9(11(16)17-3)14-10(15)8-4-12-6-13-5-8/h4-7,9H,1-3H3,(H,14,15). The van der Waals surface area contributed by atoms with Crippen molar-refractivity contribution < 1.29 is 14.3 Å².